The normalized spacial score (nSPS) is 21.8. The van der Waals surface area contributed by atoms with Gasteiger partial charge in [0, 0.05) is 18.2 Å². The van der Waals surface area contributed by atoms with E-state index in [4.69, 9.17) is 4.99 Å². The van der Waals surface area contributed by atoms with Crippen molar-refractivity contribution in [2.75, 3.05) is 6.54 Å². The van der Waals surface area contributed by atoms with Gasteiger partial charge in [-0.25, -0.2) is 0 Å². The predicted octanol–water partition coefficient (Wildman–Crippen LogP) is 4.69. The maximum Gasteiger partial charge on any atom is 0.131 e. The van der Waals surface area contributed by atoms with E-state index in [1.54, 1.807) is 0 Å². The summed E-state index contributed by atoms with van der Waals surface area (Å²) in [6, 6.07) is 22.6. The number of hydrogen-bond acceptors (Lipinski definition) is 2. The summed E-state index contributed by atoms with van der Waals surface area (Å²) in [5.74, 6) is 1.23. The van der Waals surface area contributed by atoms with Gasteiger partial charge in [0.15, 0.2) is 0 Å². The lowest BCUT2D eigenvalue weighted by molar-refractivity contribution is 0.250. The van der Waals surface area contributed by atoms with E-state index >= 15 is 0 Å². The molecule has 0 N–H and O–H groups in total. The molecule has 0 aromatic heterocycles. The Morgan fingerprint density at radius 1 is 0.833 bits per heavy atom. The van der Waals surface area contributed by atoms with Crippen molar-refractivity contribution in [1.82, 2.24) is 4.90 Å². The molecule has 1 fully saturated rings. The highest BCUT2D eigenvalue weighted by atomic mass is 15.3. The van der Waals surface area contributed by atoms with Crippen molar-refractivity contribution in [3.8, 4) is 0 Å². The fourth-order valence-corrected chi connectivity index (χ4v) is 4.14. The van der Waals surface area contributed by atoms with Gasteiger partial charge in [-0.15, -0.1) is 0 Å². The van der Waals surface area contributed by atoms with E-state index in [1.165, 1.54) is 49.1 Å². The van der Waals surface area contributed by atoms with Crippen LogP contribution in [0.4, 0.5) is 0 Å². The summed E-state index contributed by atoms with van der Waals surface area (Å²) in [5.41, 5.74) is 2.67. The van der Waals surface area contributed by atoms with Gasteiger partial charge < -0.3 is 4.90 Å². The number of rotatable bonds is 4. The zero-order valence-corrected chi connectivity index (χ0v) is 14.3. The van der Waals surface area contributed by atoms with Gasteiger partial charge in [0.1, 0.15) is 5.84 Å². The Morgan fingerprint density at radius 3 is 2.21 bits per heavy atom. The first kappa shape index (κ1) is 15.4. The third kappa shape index (κ3) is 3.38. The Bertz CT molecular complexity index is 672. The van der Waals surface area contributed by atoms with Crippen LogP contribution in [-0.2, 0) is 6.42 Å². The van der Waals surface area contributed by atoms with Gasteiger partial charge in [-0.05, 0) is 24.8 Å². The zero-order valence-electron chi connectivity index (χ0n) is 14.3. The molecular formula is C22H26N2. The van der Waals surface area contributed by atoms with E-state index in [9.17, 15) is 0 Å². The molecule has 1 aliphatic carbocycles. The number of hydrogen-bond donors (Lipinski definition) is 0. The minimum atomic E-state index is 0.379. The Hall–Kier alpha value is -2.09. The van der Waals surface area contributed by atoms with Crippen molar-refractivity contribution in [2.24, 2.45) is 4.99 Å². The highest BCUT2D eigenvalue weighted by Crippen LogP contribution is 2.28. The number of amidine groups is 1. The monoisotopic (exact) mass is 318 g/mol. The maximum atomic E-state index is 5.15. The van der Waals surface area contributed by atoms with Crippen LogP contribution >= 0.6 is 0 Å². The highest BCUT2D eigenvalue weighted by molar-refractivity contribution is 6.00. The van der Waals surface area contributed by atoms with Gasteiger partial charge in [0.2, 0.25) is 0 Å². The van der Waals surface area contributed by atoms with Crippen LogP contribution in [0.2, 0.25) is 0 Å². The van der Waals surface area contributed by atoms with E-state index in [0.29, 0.717) is 12.1 Å². The molecule has 0 bridgehead atoms. The van der Waals surface area contributed by atoms with Crippen LogP contribution in [0.3, 0.4) is 0 Å². The molecule has 2 heteroatoms. The third-order valence-corrected chi connectivity index (χ3v) is 5.35. The molecule has 2 aromatic carbocycles. The predicted molar refractivity (Wildman–Crippen MR) is 100 cm³/mol. The van der Waals surface area contributed by atoms with E-state index in [2.05, 4.69) is 65.6 Å². The van der Waals surface area contributed by atoms with Crippen LogP contribution in [0.5, 0.6) is 0 Å². The lowest BCUT2D eigenvalue weighted by Crippen LogP contribution is -2.40. The van der Waals surface area contributed by atoms with Gasteiger partial charge in [0.25, 0.3) is 0 Å². The standard InChI is InChI=1S/C22H26N2/c1-4-10-18(11-5-1)16-20-17-24(21-14-8-3-9-15-21)22(23-20)19-12-6-2-7-13-19/h1-2,4-7,10-13,20-21H,3,8-9,14-17H2. The molecule has 2 nitrogen and oxygen atoms in total. The summed E-state index contributed by atoms with van der Waals surface area (Å²) in [7, 11) is 0. The van der Waals surface area contributed by atoms with Gasteiger partial charge >= 0.3 is 0 Å². The zero-order chi connectivity index (χ0) is 16.2. The first-order chi connectivity index (χ1) is 11.9. The third-order valence-electron chi connectivity index (χ3n) is 5.35. The summed E-state index contributed by atoms with van der Waals surface area (Å²) in [6.45, 7) is 1.07. The van der Waals surface area contributed by atoms with Gasteiger partial charge in [-0.2, -0.15) is 0 Å². The largest absolute Gasteiger partial charge is 0.351 e. The van der Waals surface area contributed by atoms with Crippen LogP contribution in [-0.4, -0.2) is 29.4 Å². The van der Waals surface area contributed by atoms with Crippen LogP contribution in [0.1, 0.15) is 43.2 Å². The quantitative estimate of drug-likeness (QED) is 0.798. The molecule has 124 valence electrons. The molecule has 0 saturated heterocycles. The molecule has 1 heterocycles. The highest BCUT2D eigenvalue weighted by Gasteiger charge is 2.32. The molecular weight excluding hydrogens is 292 g/mol. The summed E-state index contributed by atoms with van der Waals surface area (Å²) in [5, 5.41) is 0. The number of aliphatic imine (C=N–C) groups is 1. The first-order valence-electron chi connectivity index (χ1n) is 9.34. The van der Waals surface area contributed by atoms with Crippen LogP contribution in [0.15, 0.2) is 65.7 Å². The number of benzene rings is 2. The molecule has 1 atom stereocenters. The topological polar surface area (TPSA) is 15.6 Å². The molecule has 2 aliphatic rings. The second-order valence-corrected chi connectivity index (χ2v) is 7.11. The lowest BCUT2D eigenvalue weighted by Gasteiger charge is -2.34. The Labute approximate surface area is 145 Å². The average molecular weight is 318 g/mol. The maximum absolute atomic E-state index is 5.15. The summed E-state index contributed by atoms with van der Waals surface area (Å²) in [4.78, 5) is 7.77. The molecule has 2 aromatic rings. The van der Waals surface area contributed by atoms with Crippen molar-refractivity contribution in [3.63, 3.8) is 0 Å². The first-order valence-corrected chi connectivity index (χ1v) is 9.34. The molecule has 1 unspecified atom stereocenters. The molecule has 24 heavy (non-hydrogen) atoms. The summed E-state index contributed by atoms with van der Waals surface area (Å²) < 4.78 is 0. The van der Waals surface area contributed by atoms with Crippen molar-refractivity contribution in [2.45, 2.75) is 50.6 Å². The Balaban J connectivity index is 1.58. The molecule has 0 radical (unpaired) electrons. The van der Waals surface area contributed by atoms with Crippen molar-refractivity contribution >= 4 is 5.84 Å². The average Bonchev–Trinajstić information content (AvgIpc) is 3.08. The second kappa shape index (κ2) is 7.21. The van der Waals surface area contributed by atoms with Gasteiger partial charge in [0.05, 0.1) is 6.04 Å². The Kier molecular flexibility index (Phi) is 4.64. The molecule has 0 spiro atoms. The minimum Gasteiger partial charge on any atom is -0.351 e. The molecule has 1 aliphatic heterocycles. The van der Waals surface area contributed by atoms with E-state index in [0.717, 1.165) is 13.0 Å². The smallest absolute Gasteiger partial charge is 0.131 e. The van der Waals surface area contributed by atoms with Gasteiger partial charge in [-0.1, -0.05) is 79.9 Å². The van der Waals surface area contributed by atoms with Crippen LogP contribution < -0.4 is 0 Å². The van der Waals surface area contributed by atoms with E-state index < -0.39 is 0 Å². The SMILES string of the molecule is c1ccc(CC2CN(C3CCCCC3)C(c3ccccc3)=N2)cc1. The van der Waals surface area contributed by atoms with Gasteiger partial charge in [-0.3, -0.25) is 4.99 Å². The number of nitrogens with zero attached hydrogens (tertiary/aromatic N) is 2. The summed E-state index contributed by atoms with van der Waals surface area (Å²) in [6.07, 6.45) is 7.82. The Morgan fingerprint density at radius 2 is 1.50 bits per heavy atom. The van der Waals surface area contributed by atoms with Crippen molar-refractivity contribution in [1.29, 1.82) is 0 Å². The summed E-state index contributed by atoms with van der Waals surface area (Å²) >= 11 is 0. The molecule has 0 amide bonds. The van der Waals surface area contributed by atoms with Crippen LogP contribution in [0.25, 0.3) is 0 Å². The fourth-order valence-electron chi connectivity index (χ4n) is 4.14. The fraction of sp³-hybridized carbons (Fsp3) is 0.409. The second-order valence-electron chi connectivity index (χ2n) is 7.11. The lowest BCUT2D eigenvalue weighted by atomic mass is 9.93. The molecule has 1 saturated carbocycles. The van der Waals surface area contributed by atoms with Crippen LogP contribution in [0, 0.1) is 0 Å². The van der Waals surface area contributed by atoms with E-state index in [-0.39, 0.29) is 0 Å². The van der Waals surface area contributed by atoms with E-state index in [1.807, 2.05) is 0 Å². The minimum absolute atomic E-state index is 0.379. The van der Waals surface area contributed by atoms with Crippen molar-refractivity contribution in [3.05, 3.63) is 71.8 Å². The molecule has 4 rings (SSSR count). The van der Waals surface area contributed by atoms with Crippen molar-refractivity contribution < 1.29 is 0 Å².